The van der Waals surface area contributed by atoms with Crippen LogP contribution < -0.4 is 5.32 Å². The van der Waals surface area contributed by atoms with Gasteiger partial charge in [0.2, 0.25) is 0 Å². The van der Waals surface area contributed by atoms with Crippen LogP contribution in [0.4, 0.5) is 0 Å². The van der Waals surface area contributed by atoms with Crippen molar-refractivity contribution in [3.8, 4) is 6.07 Å². The molecule has 2 rings (SSSR count). The first-order valence-electron chi connectivity index (χ1n) is 7.63. The van der Waals surface area contributed by atoms with Crippen LogP contribution in [0.15, 0.2) is 54.6 Å². The molecule has 5 nitrogen and oxygen atoms in total. The van der Waals surface area contributed by atoms with Crippen LogP contribution in [-0.4, -0.2) is 24.5 Å². The van der Waals surface area contributed by atoms with E-state index in [0.29, 0.717) is 18.5 Å². The normalized spacial score (nSPS) is 11.2. The van der Waals surface area contributed by atoms with E-state index in [2.05, 4.69) is 5.32 Å². The van der Waals surface area contributed by atoms with Gasteiger partial charge in [-0.15, -0.1) is 0 Å². The number of nitrogens with one attached hydrogen (secondary N) is 1. The molecule has 2 aromatic carbocycles. The fraction of sp³-hybridized carbons (Fsp3) is 0.211. The van der Waals surface area contributed by atoms with Crippen molar-refractivity contribution < 1.29 is 14.3 Å². The molecule has 5 heteroatoms. The summed E-state index contributed by atoms with van der Waals surface area (Å²) in [5.74, 6) is -0.978. The number of carbonyl (C=O) groups is 2. The smallest absolute Gasteiger partial charge is 0.338 e. The second-order valence-corrected chi connectivity index (χ2v) is 5.27. The van der Waals surface area contributed by atoms with E-state index in [-0.39, 0.29) is 11.5 Å². The van der Waals surface area contributed by atoms with Gasteiger partial charge in [0, 0.05) is 6.54 Å². The number of amides is 1. The zero-order valence-corrected chi connectivity index (χ0v) is 13.4. The fourth-order valence-corrected chi connectivity index (χ4v) is 2.12. The molecule has 0 aliphatic heterocycles. The van der Waals surface area contributed by atoms with Crippen molar-refractivity contribution in [1.82, 2.24) is 5.32 Å². The molecule has 0 heterocycles. The lowest BCUT2D eigenvalue weighted by molar-refractivity contribution is -0.129. The average molecular weight is 322 g/mol. The molecule has 2 aromatic rings. The van der Waals surface area contributed by atoms with Gasteiger partial charge < -0.3 is 10.1 Å². The van der Waals surface area contributed by atoms with Gasteiger partial charge in [-0.05, 0) is 37.1 Å². The standard InChI is InChI=1S/C19H18N2O3/c1-14(18(22)21-11-10-15-6-3-2-4-7-15)24-19(23)17-9-5-8-16(12-17)13-20/h2-9,12,14H,10-11H2,1H3,(H,21,22)/t14-/m1/s1. The third-order valence-corrected chi connectivity index (χ3v) is 3.44. The lowest BCUT2D eigenvalue weighted by Gasteiger charge is -2.13. The van der Waals surface area contributed by atoms with E-state index in [1.807, 2.05) is 36.4 Å². The van der Waals surface area contributed by atoms with E-state index >= 15 is 0 Å². The summed E-state index contributed by atoms with van der Waals surface area (Å²) in [6.45, 7) is 1.98. The van der Waals surface area contributed by atoms with Crippen molar-refractivity contribution in [3.63, 3.8) is 0 Å². The van der Waals surface area contributed by atoms with E-state index in [1.54, 1.807) is 18.2 Å². The van der Waals surface area contributed by atoms with Crippen molar-refractivity contribution in [3.05, 3.63) is 71.3 Å². The molecule has 0 radical (unpaired) electrons. The first-order valence-corrected chi connectivity index (χ1v) is 7.63. The molecule has 0 aromatic heterocycles. The SMILES string of the molecule is C[C@@H](OC(=O)c1cccc(C#N)c1)C(=O)NCCc1ccccc1. The van der Waals surface area contributed by atoms with E-state index in [1.165, 1.54) is 13.0 Å². The molecule has 0 spiro atoms. The third kappa shape index (κ3) is 4.96. The maximum atomic E-state index is 12.0. The number of hydrogen-bond acceptors (Lipinski definition) is 4. The largest absolute Gasteiger partial charge is 0.449 e. The van der Waals surface area contributed by atoms with Gasteiger partial charge in [0.05, 0.1) is 17.2 Å². The lowest BCUT2D eigenvalue weighted by Crippen LogP contribution is -2.36. The molecule has 1 amide bonds. The van der Waals surface area contributed by atoms with Crippen LogP contribution in [0.5, 0.6) is 0 Å². The van der Waals surface area contributed by atoms with Gasteiger partial charge in [-0.3, -0.25) is 4.79 Å². The fourth-order valence-electron chi connectivity index (χ4n) is 2.12. The van der Waals surface area contributed by atoms with Crippen molar-refractivity contribution in [1.29, 1.82) is 5.26 Å². The summed E-state index contributed by atoms with van der Waals surface area (Å²) in [6.07, 6.45) is -0.198. The molecule has 0 saturated heterocycles. The molecule has 24 heavy (non-hydrogen) atoms. The molecular formula is C19H18N2O3. The topological polar surface area (TPSA) is 79.2 Å². The van der Waals surface area contributed by atoms with Gasteiger partial charge in [0.25, 0.3) is 5.91 Å². The number of nitrogens with zero attached hydrogens (tertiary/aromatic N) is 1. The maximum absolute atomic E-state index is 12.0. The van der Waals surface area contributed by atoms with Crippen molar-refractivity contribution in [2.24, 2.45) is 0 Å². The second kappa shape index (κ2) is 8.49. The number of carbonyl (C=O) groups excluding carboxylic acids is 2. The Labute approximate surface area is 140 Å². The summed E-state index contributed by atoms with van der Waals surface area (Å²) in [5.41, 5.74) is 1.73. The molecular weight excluding hydrogens is 304 g/mol. The number of esters is 1. The Hall–Kier alpha value is -3.13. The van der Waals surface area contributed by atoms with Gasteiger partial charge in [0.1, 0.15) is 0 Å². The van der Waals surface area contributed by atoms with Crippen molar-refractivity contribution >= 4 is 11.9 Å². The van der Waals surface area contributed by atoms with Gasteiger partial charge in [-0.25, -0.2) is 4.79 Å². The Morgan fingerprint density at radius 1 is 1.17 bits per heavy atom. The van der Waals surface area contributed by atoms with Crippen LogP contribution in [0.1, 0.15) is 28.4 Å². The number of rotatable bonds is 6. The van der Waals surface area contributed by atoms with Crippen molar-refractivity contribution in [2.75, 3.05) is 6.54 Å². The molecule has 1 atom stereocenters. The number of nitriles is 1. The summed E-state index contributed by atoms with van der Waals surface area (Å²) in [5, 5.41) is 11.6. The maximum Gasteiger partial charge on any atom is 0.338 e. The minimum absolute atomic E-state index is 0.248. The molecule has 0 aliphatic carbocycles. The van der Waals surface area contributed by atoms with E-state index < -0.39 is 12.1 Å². The Kier molecular flexibility index (Phi) is 6.09. The molecule has 1 N–H and O–H groups in total. The zero-order valence-electron chi connectivity index (χ0n) is 13.4. The Morgan fingerprint density at radius 3 is 2.62 bits per heavy atom. The number of hydrogen-bond donors (Lipinski definition) is 1. The van der Waals surface area contributed by atoms with Crippen LogP contribution in [0.3, 0.4) is 0 Å². The lowest BCUT2D eigenvalue weighted by atomic mass is 10.1. The van der Waals surface area contributed by atoms with Crippen LogP contribution in [0.2, 0.25) is 0 Å². The van der Waals surface area contributed by atoms with Gasteiger partial charge in [-0.2, -0.15) is 5.26 Å². The summed E-state index contributed by atoms with van der Waals surface area (Å²) < 4.78 is 5.14. The van der Waals surface area contributed by atoms with Crippen LogP contribution in [0, 0.1) is 11.3 Å². The molecule has 122 valence electrons. The summed E-state index contributed by atoms with van der Waals surface area (Å²) in [4.78, 5) is 24.0. The highest BCUT2D eigenvalue weighted by molar-refractivity contribution is 5.92. The molecule has 0 unspecified atom stereocenters. The first kappa shape index (κ1) is 17.2. The van der Waals surface area contributed by atoms with Crippen LogP contribution in [0.25, 0.3) is 0 Å². The predicted molar refractivity (Wildman–Crippen MR) is 89.2 cm³/mol. The zero-order chi connectivity index (χ0) is 17.4. The highest BCUT2D eigenvalue weighted by Gasteiger charge is 2.18. The Morgan fingerprint density at radius 2 is 1.92 bits per heavy atom. The third-order valence-electron chi connectivity index (χ3n) is 3.44. The number of benzene rings is 2. The molecule has 0 saturated carbocycles. The van der Waals surface area contributed by atoms with Crippen LogP contribution in [-0.2, 0) is 16.0 Å². The highest BCUT2D eigenvalue weighted by Crippen LogP contribution is 2.07. The summed E-state index contributed by atoms with van der Waals surface area (Å²) in [6, 6.07) is 17.9. The molecule has 0 bridgehead atoms. The predicted octanol–water partition coefficient (Wildman–Crippen LogP) is 2.46. The minimum Gasteiger partial charge on any atom is -0.449 e. The minimum atomic E-state index is -0.904. The average Bonchev–Trinajstić information content (AvgIpc) is 2.62. The van der Waals surface area contributed by atoms with Crippen molar-refractivity contribution in [2.45, 2.75) is 19.4 Å². The quantitative estimate of drug-likeness (QED) is 0.829. The highest BCUT2D eigenvalue weighted by atomic mass is 16.5. The summed E-state index contributed by atoms with van der Waals surface area (Å²) in [7, 11) is 0. The summed E-state index contributed by atoms with van der Waals surface area (Å²) >= 11 is 0. The first-order chi connectivity index (χ1) is 11.6. The van der Waals surface area contributed by atoms with E-state index in [9.17, 15) is 9.59 Å². The Bertz CT molecular complexity index is 751. The second-order valence-electron chi connectivity index (χ2n) is 5.27. The van der Waals surface area contributed by atoms with E-state index in [4.69, 9.17) is 10.00 Å². The van der Waals surface area contributed by atoms with Gasteiger partial charge in [0.15, 0.2) is 6.10 Å². The number of ether oxygens (including phenoxy) is 1. The monoisotopic (exact) mass is 322 g/mol. The van der Waals surface area contributed by atoms with Gasteiger partial charge >= 0.3 is 5.97 Å². The molecule has 0 aliphatic rings. The van der Waals surface area contributed by atoms with Crippen LogP contribution >= 0.6 is 0 Å². The van der Waals surface area contributed by atoms with Gasteiger partial charge in [-0.1, -0.05) is 36.4 Å². The van der Waals surface area contributed by atoms with E-state index in [0.717, 1.165) is 5.56 Å². The molecule has 0 fully saturated rings. The Balaban J connectivity index is 1.82.